The minimum absolute atomic E-state index is 0.201. The molecule has 0 bridgehead atoms. The molecule has 0 aromatic carbocycles. The lowest BCUT2D eigenvalue weighted by Crippen LogP contribution is -2.52. The zero-order valence-corrected chi connectivity index (χ0v) is 23.3. The van der Waals surface area contributed by atoms with E-state index >= 15 is 0 Å². The van der Waals surface area contributed by atoms with Crippen LogP contribution in [0.4, 0.5) is 15.3 Å². The molecule has 4 aliphatic rings. The molecule has 1 N–H and O–H groups in total. The van der Waals surface area contributed by atoms with Gasteiger partial charge in [0, 0.05) is 62.8 Å². The molecule has 0 spiro atoms. The molecule has 6 rings (SSSR count). The first kappa shape index (κ1) is 26.1. The number of carbonyl (C=O) groups excluding carboxylic acids is 3. The van der Waals surface area contributed by atoms with Crippen molar-refractivity contribution in [1.29, 1.82) is 0 Å². The van der Waals surface area contributed by atoms with Crippen LogP contribution in [0.2, 0.25) is 0 Å². The molecule has 10 nitrogen and oxygen atoms in total. The van der Waals surface area contributed by atoms with Crippen molar-refractivity contribution in [3.8, 4) is 0 Å². The number of piperidine rings is 2. The predicted molar refractivity (Wildman–Crippen MR) is 148 cm³/mol. The summed E-state index contributed by atoms with van der Waals surface area (Å²) in [5, 5.41) is 3.54. The molecular formula is C29H40N6O4. The molecule has 4 amide bonds. The third-order valence-corrected chi connectivity index (χ3v) is 8.53. The SMILES string of the molecule is CC(C)(C)OC(=O)N1CCCC(N2CCC(n3cc(C4CC4)c4cc(N5CCC(=O)NC5=O)cnc43)CC2)C1. The Balaban J connectivity index is 1.15. The van der Waals surface area contributed by atoms with E-state index in [4.69, 9.17) is 9.72 Å². The second-order valence-corrected chi connectivity index (χ2v) is 12.6. The molecule has 10 heteroatoms. The Bertz CT molecular complexity index is 1270. The summed E-state index contributed by atoms with van der Waals surface area (Å²) in [4.78, 5) is 47.6. The highest BCUT2D eigenvalue weighted by molar-refractivity contribution is 6.06. The molecule has 2 aromatic rings. The number of ether oxygens (including phenoxy) is 1. The van der Waals surface area contributed by atoms with Crippen molar-refractivity contribution < 1.29 is 19.1 Å². The van der Waals surface area contributed by atoms with Crippen LogP contribution in [-0.2, 0) is 9.53 Å². The molecule has 210 valence electrons. The average Bonchev–Trinajstić information content (AvgIpc) is 3.68. The Morgan fingerprint density at radius 2 is 1.79 bits per heavy atom. The highest BCUT2D eigenvalue weighted by atomic mass is 16.6. The van der Waals surface area contributed by atoms with Crippen molar-refractivity contribution in [1.82, 2.24) is 24.7 Å². The first-order chi connectivity index (χ1) is 18.7. The van der Waals surface area contributed by atoms with Crippen LogP contribution in [0.3, 0.4) is 0 Å². The number of hydrogen-bond acceptors (Lipinski definition) is 6. The molecular weight excluding hydrogens is 496 g/mol. The lowest BCUT2D eigenvalue weighted by atomic mass is 9.98. The van der Waals surface area contributed by atoms with E-state index in [0.717, 1.165) is 68.6 Å². The van der Waals surface area contributed by atoms with Gasteiger partial charge in [0.05, 0.1) is 11.9 Å². The van der Waals surface area contributed by atoms with Crippen LogP contribution in [0.15, 0.2) is 18.5 Å². The standard InChI is InChI=1S/C29H40N6O4/c1-29(2,3)39-28(38)33-11-4-5-21(17-33)32-12-8-20(9-13-32)35-18-24(19-6-7-19)23-15-22(16-30-26(23)35)34-14-10-25(36)31-27(34)37/h15-16,18-21H,4-14,17H2,1-3H3,(H,31,36,37). The minimum atomic E-state index is -0.477. The highest BCUT2D eigenvalue weighted by Gasteiger charge is 2.35. The van der Waals surface area contributed by atoms with E-state index in [2.05, 4.69) is 27.0 Å². The quantitative estimate of drug-likeness (QED) is 0.622. The van der Waals surface area contributed by atoms with Crippen LogP contribution in [0.25, 0.3) is 11.0 Å². The van der Waals surface area contributed by atoms with E-state index in [0.29, 0.717) is 31.0 Å². The lowest BCUT2D eigenvalue weighted by Gasteiger charge is -2.42. The Morgan fingerprint density at radius 3 is 2.49 bits per heavy atom. The van der Waals surface area contributed by atoms with Gasteiger partial charge in [0.2, 0.25) is 5.91 Å². The van der Waals surface area contributed by atoms with E-state index in [1.807, 2.05) is 25.7 Å². The summed E-state index contributed by atoms with van der Waals surface area (Å²) in [6.45, 7) is 9.62. The molecule has 1 unspecified atom stereocenters. The second-order valence-electron chi connectivity index (χ2n) is 12.6. The molecule has 1 atom stereocenters. The number of urea groups is 1. The number of pyridine rings is 1. The summed E-state index contributed by atoms with van der Waals surface area (Å²) in [5.74, 6) is 0.330. The summed E-state index contributed by atoms with van der Waals surface area (Å²) in [7, 11) is 0. The van der Waals surface area contributed by atoms with E-state index < -0.39 is 5.60 Å². The number of likely N-dealkylation sites (tertiary alicyclic amines) is 2. The fraction of sp³-hybridized carbons (Fsp3) is 0.655. The van der Waals surface area contributed by atoms with E-state index in [1.165, 1.54) is 18.4 Å². The number of rotatable bonds is 4. The van der Waals surface area contributed by atoms with Crippen LogP contribution >= 0.6 is 0 Å². The fourth-order valence-corrected chi connectivity index (χ4v) is 6.38. The summed E-state index contributed by atoms with van der Waals surface area (Å²) >= 11 is 0. The Labute approximate surface area is 229 Å². The van der Waals surface area contributed by atoms with Gasteiger partial charge in [0.15, 0.2) is 0 Å². The number of aromatic nitrogens is 2. The maximum atomic E-state index is 12.7. The predicted octanol–water partition coefficient (Wildman–Crippen LogP) is 4.40. The average molecular weight is 537 g/mol. The Kier molecular flexibility index (Phi) is 6.77. The van der Waals surface area contributed by atoms with Gasteiger partial charge < -0.3 is 14.2 Å². The summed E-state index contributed by atoms with van der Waals surface area (Å²) < 4.78 is 8.00. The second kappa shape index (κ2) is 10.1. The van der Waals surface area contributed by atoms with Gasteiger partial charge in [0.1, 0.15) is 11.2 Å². The van der Waals surface area contributed by atoms with Crippen LogP contribution in [-0.4, -0.2) is 81.7 Å². The third kappa shape index (κ3) is 5.48. The number of nitrogens with zero attached hydrogens (tertiary/aromatic N) is 5. The number of hydrogen-bond donors (Lipinski definition) is 1. The number of fused-ring (bicyclic) bond motifs is 1. The van der Waals surface area contributed by atoms with E-state index in [9.17, 15) is 14.4 Å². The van der Waals surface area contributed by atoms with Crippen molar-refractivity contribution >= 4 is 34.8 Å². The van der Waals surface area contributed by atoms with Gasteiger partial charge >= 0.3 is 12.1 Å². The molecule has 0 radical (unpaired) electrons. The molecule has 3 saturated heterocycles. The summed E-state index contributed by atoms with van der Waals surface area (Å²) in [5.41, 5.74) is 2.58. The summed E-state index contributed by atoms with van der Waals surface area (Å²) in [6, 6.07) is 2.46. The number of imide groups is 1. The number of anilines is 1. The third-order valence-electron chi connectivity index (χ3n) is 8.53. The van der Waals surface area contributed by atoms with E-state index in [-0.39, 0.29) is 18.0 Å². The molecule has 5 heterocycles. The molecule has 2 aromatic heterocycles. The maximum absolute atomic E-state index is 12.7. The first-order valence-electron chi connectivity index (χ1n) is 14.5. The number of carbonyl (C=O) groups is 3. The minimum Gasteiger partial charge on any atom is -0.444 e. The zero-order valence-electron chi connectivity index (χ0n) is 23.3. The van der Waals surface area contributed by atoms with Crippen molar-refractivity contribution in [2.45, 2.75) is 89.3 Å². The van der Waals surface area contributed by atoms with Gasteiger partial charge in [-0.25, -0.2) is 14.6 Å². The van der Waals surface area contributed by atoms with Gasteiger partial charge in [-0.15, -0.1) is 0 Å². The Hall–Kier alpha value is -3.14. The van der Waals surface area contributed by atoms with Crippen molar-refractivity contribution in [2.75, 3.05) is 37.6 Å². The Morgan fingerprint density at radius 1 is 1.03 bits per heavy atom. The molecule has 1 saturated carbocycles. The largest absolute Gasteiger partial charge is 0.444 e. The zero-order chi connectivity index (χ0) is 27.3. The highest BCUT2D eigenvalue weighted by Crippen LogP contribution is 2.45. The van der Waals surface area contributed by atoms with Gasteiger partial charge in [-0.05, 0) is 76.8 Å². The van der Waals surface area contributed by atoms with Crippen LogP contribution in [0.1, 0.15) is 83.2 Å². The van der Waals surface area contributed by atoms with Gasteiger partial charge in [-0.3, -0.25) is 19.9 Å². The van der Waals surface area contributed by atoms with Gasteiger partial charge in [0.25, 0.3) is 0 Å². The van der Waals surface area contributed by atoms with Crippen molar-refractivity contribution in [3.63, 3.8) is 0 Å². The molecule has 4 fully saturated rings. The summed E-state index contributed by atoms with van der Waals surface area (Å²) in [6.07, 6.45) is 10.8. The molecule has 39 heavy (non-hydrogen) atoms. The fourth-order valence-electron chi connectivity index (χ4n) is 6.38. The van der Waals surface area contributed by atoms with Crippen molar-refractivity contribution in [2.24, 2.45) is 0 Å². The normalized spacial score (nSPS) is 23.8. The van der Waals surface area contributed by atoms with E-state index in [1.54, 1.807) is 11.1 Å². The van der Waals surface area contributed by atoms with Gasteiger partial charge in [-0.1, -0.05) is 0 Å². The number of amides is 4. The molecule has 3 aliphatic heterocycles. The smallest absolute Gasteiger partial charge is 0.410 e. The van der Waals surface area contributed by atoms with Crippen LogP contribution in [0, 0.1) is 0 Å². The molecule has 1 aliphatic carbocycles. The van der Waals surface area contributed by atoms with Crippen LogP contribution in [0.5, 0.6) is 0 Å². The van der Waals surface area contributed by atoms with Crippen molar-refractivity contribution in [3.05, 3.63) is 24.0 Å². The maximum Gasteiger partial charge on any atom is 0.410 e. The van der Waals surface area contributed by atoms with Crippen LogP contribution < -0.4 is 10.2 Å². The monoisotopic (exact) mass is 536 g/mol. The number of nitrogens with one attached hydrogen (secondary N) is 1. The first-order valence-corrected chi connectivity index (χ1v) is 14.5. The lowest BCUT2D eigenvalue weighted by molar-refractivity contribution is -0.120. The van der Waals surface area contributed by atoms with Gasteiger partial charge in [-0.2, -0.15) is 0 Å². The topological polar surface area (TPSA) is 100 Å².